The van der Waals surface area contributed by atoms with Gasteiger partial charge in [0.2, 0.25) is 0 Å². The second-order valence-electron chi connectivity index (χ2n) is 3.66. The topological polar surface area (TPSA) is 33.1 Å². The molecule has 0 atom stereocenters. The van der Waals surface area contributed by atoms with Crippen molar-refractivity contribution in [3.63, 3.8) is 0 Å². The van der Waals surface area contributed by atoms with Crippen LogP contribution >= 0.6 is 11.3 Å². The van der Waals surface area contributed by atoms with Crippen LogP contribution in [-0.4, -0.2) is 16.7 Å². The number of aliphatic hydroxyl groups excluding tert-OH is 1. The van der Waals surface area contributed by atoms with Crippen LogP contribution in [-0.2, 0) is 12.6 Å². The van der Waals surface area contributed by atoms with E-state index in [1.54, 1.807) is 11.4 Å². The van der Waals surface area contributed by atoms with Crippen molar-refractivity contribution in [1.82, 2.24) is 4.98 Å². The lowest BCUT2D eigenvalue weighted by molar-refractivity contribution is -0.137. The summed E-state index contributed by atoms with van der Waals surface area (Å²) in [5, 5.41) is 10.8. The molecule has 1 aromatic heterocycles. The van der Waals surface area contributed by atoms with Crippen molar-refractivity contribution in [3.05, 3.63) is 40.9 Å². The quantitative estimate of drug-likeness (QED) is 0.930. The number of halogens is 3. The predicted octanol–water partition coefficient (Wildman–Crippen LogP) is 3.36. The van der Waals surface area contributed by atoms with E-state index in [1.165, 1.54) is 12.1 Å². The second kappa shape index (κ2) is 5.07. The van der Waals surface area contributed by atoms with Gasteiger partial charge in [0.25, 0.3) is 0 Å². The number of benzene rings is 1. The SMILES string of the molecule is OCCc1csc(-c2ccccc2C(F)(F)F)n1. The normalized spacial score (nSPS) is 11.8. The van der Waals surface area contributed by atoms with E-state index in [0.29, 0.717) is 17.1 Å². The Labute approximate surface area is 106 Å². The van der Waals surface area contributed by atoms with Gasteiger partial charge in [0.1, 0.15) is 5.01 Å². The lowest BCUT2D eigenvalue weighted by Gasteiger charge is -2.10. The van der Waals surface area contributed by atoms with Crippen molar-refractivity contribution in [3.8, 4) is 10.6 Å². The number of rotatable bonds is 3. The molecule has 0 fully saturated rings. The molecule has 2 aromatic rings. The van der Waals surface area contributed by atoms with Crippen LogP contribution in [0.2, 0.25) is 0 Å². The molecule has 1 N–H and O–H groups in total. The molecular weight excluding hydrogens is 263 g/mol. The van der Waals surface area contributed by atoms with Gasteiger partial charge in [-0.1, -0.05) is 18.2 Å². The Kier molecular flexibility index (Phi) is 3.68. The molecule has 0 unspecified atom stereocenters. The maximum Gasteiger partial charge on any atom is 0.417 e. The number of aromatic nitrogens is 1. The molecule has 0 saturated carbocycles. The van der Waals surface area contributed by atoms with Crippen LogP contribution in [0.1, 0.15) is 11.3 Å². The highest BCUT2D eigenvalue weighted by Gasteiger charge is 2.33. The fraction of sp³-hybridized carbons (Fsp3) is 0.250. The van der Waals surface area contributed by atoms with Gasteiger partial charge in [-0.3, -0.25) is 0 Å². The molecule has 0 amide bonds. The zero-order valence-electron chi connectivity index (χ0n) is 9.24. The van der Waals surface area contributed by atoms with Gasteiger partial charge >= 0.3 is 6.18 Å². The molecule has 2 nitrogen and oxygen atoms in total. The summed E-state index contributed by atoms with van der Waals surface area (Å²) < 4.78 is 38.5. The zero-order valence-corrected chi connectivity index (χ0v) is 10.1. The van der Waals surface area contributed by atoms with Gasteiger partial charge in [0, 0.05) is 24.0 Å². The first-order valence-electron chi connectivity index (χ1n) is 5.24. The van der Waals surface area contributed by atoms with Gasteiger partial charge in [0.05, 0.1) is 11.3 Å². The average molecular weight is 273 g/mol. The van der Waals surface area contributed by atoms with Crippen molar-refractivity contribution in [2.24, 2.45) is 0 Å². The maximum atomic E-state index is 12.8. The first kappa shape index (κ1) is 13.0. The monoisotopic (exact) mass is 273 g/mol. The van der Waals surface area contributed by atoms with Crippen LogP contribution in [0.3, 0.4) is 0 Å². The third-order valence-electron chi connectivity index (χ3n) is 2.38. The van der Waals surface area contributed by atoms with Crippen molar-refractivity contribution in [2.75, 3.05) is 6.61 Å². The molecule has 0 aliphatic carbocycles. The first-order chi connectivity index (χ1) is 8.52. The highest BCUT2D eigenvalue weighted by molar-refractivity contribution is 7.13. The Morgan fingerprint density at radius 3 is 2.61 bits per heavy atom. The van der Waals surface area contributed by atoms with E-state index in [-0.39, 0.29) is 12.2 Å². The van der Waals surface area contributed by atoms with Crippen molar-refractivity contribution >= 4 is 11.3 Å². The summed E-state index contributed by atoms with van der Waals surface area (Å²) in [5.74, 6) is 0. The van der Waals surface area contributed by atoms with E-state index >= 15 is 0 Å². The second-order valence-corrected chi connectivity index (χ2v) is 4.52. The minimum atomic E-state index is -4.39. The van der Waals surface area contributed by atoms with Crippen LogP contribution < -0.4 is 0 Å². The third kappa shape index (κ3) is 2.70. The average Bonchev–Trinajstić information content (AvgIpc) is 2.77. The van der Waals surface area contributed by atoms with Crippen molar-refractivity contribution in [2.45, 2.75) is 12.6 Å². The van der Waals surface area contributed by atoms with E-state index in [4.69, 9.17) is 5.11 Å². The highest BCUT2D eigenvalue weighted by Crippen LogP contribution is 2.37. The number of hydrogen-bond acceptors (Lipinski definition) is 3. The Morgan fingerprint density at radius 2 is 1.94 bits per heavy atom. The van der Waals surface area contributed by atoms with Crippen molar-refractivity contribution < 1.29 is 18.3 Å². The number of thiazole rings is 1. The van der Waals surface area contributed by atoms with E-state index < -0.39 is 11.7 Å². The van der Waals surface area contributed by atoms with Crippen molar-refractivity contribution in [1.29, 1.82) is 0 Å². The molecule has 0 bridgehead atoms. The smallest absolute Gasteiger partial charge is 0.396 e. The summed E-state index contributed by atoms with van der Waals surface area (Å²) in [7, 11) is 0. The minimum Gasteiger partial charge on any atom is -0.396 e. The van der Waals surface area contributed by atoms with Crippen LogP contribution in [0.25, 0.3) is 10.6 Å². The van der Waals surface area contributed by atoms with E-state index in [2.05, 4.69) is 4.98 Å². The molecule has 0 aliphatic heterocycles. The summed E-state index contributed by atoms with van der Waals surface area (Å²) in [6.45, 7) is -0.0654. The molecular formula is C12H10F3NOS. The van der Waals surface area contributed by atoms with Gasteiger partial charge < -0.3 is 5.11 Å². The van der Waals surface area contributed by atoms with Crippen LogP contribution in [0, 0.1) is 0 Å². The maximum absolute atomic E-state index is 12.8. The summed E-state index contributed by atoms with van der Waals surface area (Å²) in [5.41, 5.74) is 0.00330. The van der Waals surface area contributed by atoms with Gasteiger partial charge in [-0.2, -0.15) is 13.2 Å². The summed E-state index contributed by atoms with van der Waals surface area (Å²) in [6, 6.07) is 5.36. The minimum absolute atomic E-state index is 0.0654. The molecule has 0 spiro atoms. The number of alkyl halides is 3. The summed E-state index contributed by atoms with van der Waals surface area (Å²) in [6.07, 6.45) is -4.04. The molecule has 2 rings (SSSR count). The van der Waals surface area contributed by atoms with Gasteiger partial charge in [-0.15, -0.1) is 11.3 Å². The van der Waals surface area contributed by atoms with Crippen LogP contribution in [0.4, 0.5) is 13.2 Å². The molecule has 0 aliphatic rings. The fourth-order valence-electron chi connectivity index (χ4n) is 1.58. The lowest BCUT2D eigenvalue weighted by Crippen LogP contribution is -2.06. The molecule has 18 heavy (non-hydrogen) atoms. The van der Waals surface area contributed by atoms with Crippen LogP contribution in [0.5, 0.6) is 0 Å². The van der Waals surface area contributed by atoms with Gasteiger partial charge in [0.15, 0.2) is 0 Å². The Hall–Kier alpha value is -1.40. The molecule has 0 saturated heterocycles. The van der Waals surface area contributed by atoms with E-state index in [1.807, 2.05) is 0 Å². The Balaban J connectivity index is 2.43. The zero-order chi connectivity index (χ0) is 13.2. The Bertz CT molecular complexity index is 536. The van der Waals surface area contributed by atoms with E-state index in [9.17, 15) is 13.2 Å². The number of hydrogen-bond donors (Lipinski definition) is 1. The lowest BCUT2D eigenvalue weighted by atomic mass is 10.1. The standard InChI is InChI=1S/C12H10F3NOS/c13-12(14,15)10-4-2-1-3-9(10)11-16-8(5-6-17)7-18-11/h1-4,7,17H,5-6H2. The fourth-order valence-corrected chi connectivity index (χ4v) is 2.47. The number of nitrogens with zero attached hydrogens (tertiary/aromatic N) is 1. The number of aliphatic hydroxyl groups is 1. The molecule has 1 heterocycles. The molecule has 96 valence electrons. The molecule has 1 aromatic carbocycles. The largest absolute Gasteiger partial charge is 0.417 e. The van der Waals surface area contributed by atoms with Gasteiger partial charge in [-0.25, -0.2) is 4.98 Å². The van der Waals surface area contributed by atoms with Crippen LogP contribution in [0.15, 0.2) is 29.6 Å². The first-order valence-corrected chi connectivity index (χ1v) is 6.12. The van der Waals surface area contributed by atoms with E-state index in [0.717, 1.165) is 17.4 Å². The predicted molar refractivity (Wildman–Crippen MR) is 63.3 cm³/mol. The summed E-state index contributed by atoms with van der Waals surface area (Å²) in [4.78, 5) is 4.10. The molecule has 6 heteroatoms. The molecule has 0 radical (unpaired) electrons. The van der Waals surface area contributed by atoms with Gasteiger partial charge in [-0.05, 0) is 6.07 Å². The highest BCUT2D eigenvalue weighted by atomic mass is 32.1. The summed E-state index contributed by atoms with van der Waals surface area (Å²) >= 11 is 1.15. The third-order valence-corrected chi connectivity index (χ3v) is 3.31. The Morgan fingerprint density at radius 1 is 1.22 bits per heavy atom.